The van der Waals surface area contributed by atoms with Crippen LogP contribution in [0.1, 0.15) is 37.2 Å². The molecule has 144 valence electrons. The summed E-state index contributed by atoms with van der Waals surface area (Å²) < 4.78 is 8.47. The van der Waals surface area contributed by atoms with E-state index in [1.54, 1.807) is 0 Å². The minimum atomic E-state index is 0.490. The molecule has 0 amide bonds. The summed E-state index contributed by atoms with van der Waals surface area (Å²) in [5, 5.41) is 0. The van der Waals surface area contributed by atoms with Gasteiger partial charge in [0.2, 0.25) is 0 Å². The molecular formula is C23H31N3O. The molecule has 2 aromatic carbocycles. The molecule has 0 aliphatic carbocycles. The van der Waals surface area contributed by atoms with Gasteiger partial charge in [-0.3, -0.25) is 0 Å². The van der Waals surface area contributed by atoms with Crippen LogP contribution in [0, 0.1) is 13.8 Å². The average molecular weight is 366 g/mol. The lowest BCUT2D eigenvalue weighted by Crippen LogP contribution is -2.25. The number of rotatable bonds is 9. The standard InChI is InChI=1S/C23H31N3O/c1-5-25(6-2)15-10-16-26-21-13-8-7-12-20(21)24-23(26)17-27-22-14-9-11-18(3)19(22)4/h7-9,11-14H,5-6,10,15-17H2,1-4H3. The van der Waals surface area contributed by atoms with Crippen molar-refractivity contribution in [2.45, 2.75) is 47.3 Å². The molecule has 27 heavy (non-hydrogen) atoms. The first-order chi connectivity index (χ1) is 13.1. The van der Waals surface area contributed by atoms with Gasteiger partial charge in [0.05, 0.1) is 11.0 Å². The Morgan fingerprint density at radius 2 is 1.78 bits per heavy atom. The highest BCUT2D eigenvalue weighted by atomic mass is 16.5. The lowest BCUT2D eigenvalue weighted by Gasteiger charge is -2.18. The van der Waals surface area contributed by atoms with Gasteiger partial charge in [0.15, 0.2) is 0 Å². The molecule has 0 saturated heterocycles. The van der Waals surface area contributed by atoms with E-state index in [-0.39, 0.29) is 0 Å². The SMILES string of the molecule is CCN(CC)CCCn1c(COc2cccc(C)c2C)nc2ccccc21. The smallest absolute Gasteiger partial charge is 0.147 e. The van der Waals surface area contributed by atoms with E-state index in [1.807, 2.05) is 18.2 Å². The monoisotopic (exact) mass is 365 g/mol. The van der Waals surface area contributed by atoms with Gasteiger partial charge in [-0.05, 0) is 69.2 Å². The predicted molar refractivity (Wildman–Crippen MR) is 112 cm³/mol. The third-order valence-electron chi connectivity index (χ3n) is 5.40. The van der Waals surface area contributed by atoms with Gasteiger partial charge in [-0.15, -0.1) is 0 Å². The van der Waals surface area contributed by atoms with Crippen LogP contribution in [0.3, 0.4) is 0 Å². The summed E-state index contributed by atoms with van der Waals surface area (Å²) >= 11 is 0. The van der Waals surface area contributed by atoms with Crippen LogP contribution in [-0.4, -0.2) is 34.1 Å². The number of benzene rings is 2. The van der Waals surface area contributed by atoms with Crippen molar-refractivity contribution in [3.63, 3.8) is 0 Å². The number of hydrogen-bond acceptors (Lipinski definition) is 3. The van der Waals surface area contributed by atoms with Crippen LogP contribution in [0.25, 0.3) is 11.0 Å². The van der Waals surface area contributed by atoms with E-state index in [0.717, 1.165) is 49.7 Å². The lowest BCUT2D eigenvalue weighted by molar-refractivity contribution is 0.278. The van der Waals surface area contributed by atoms with E-state index in [4.69, 9.17) is 9.72 Å². The van der Waals surface area contributed by atoms with E-state index in [9.17, 15) is 0 Å². The van der Waals surface area contributed by atoms with Gasteiger partial charge in [0, 0.05) is 6.54 Å². The number of imidazole rings is 1. The summed E-state index contributed by atoms with van der Waals surface area (Å²) in [6.07, 6.45) is 1.11. The Morgan fingerprint density at radius 3 is 2.56 bits per heavy atom. The third kappa shape index (κ3) is 4.51. The molecule has 0 spiro atoms. The molecule has 4 nitrogen and oxygen atoms in total. The van der Waals surface area contributed by atoms with Crippen LogP contribution < -0.4 is 4.74 Å². The molecule has 0 atom stereocenters. The van der Waals surface area contributed by atoms with Crippen molar-refractivity contribution < 1.29 is 4.74 Å². The summed E-state index contributed by atoms with van der Waals surface area (Å²) in [6.45, 7) is 13.4. The fraction of sp³-hybridized carbons (Fsp3) is 0.435. The molecule has 3 aromatic rings. The van der Waals surface area contributed by atoms with Gasteiger partial charge in [-0.25, -0.2) is 4.98 Å². The largest absolute Gasteiger partial charge is 0.485 e. The topological polar surface area (TPSA) is 30.3 Å². The minimum Gasteiger partial charge on any atom is -0.485 e. The zero-order chi connectivity index (χ0) is 19.2. The maximum Gasteiger partial charge on any atom is 0.147 e. The molecule has 0 bridgehead atoms. The quantitative estimate of drug-likeness (QED) is 0.537. The second-order valence-electron chi connectivity index (χ2n) is 7.04. The Kier molecular flexibility index (Phi) is 6.51. The first kappa shape index (κ1) is 19.4. The maximum atomic E-state index is 6.15. The van der Waals surface area contributed by atoms with E-state index < -0.39 is 0 Å². The Bertz CT molecular complexity index is 880. The van der Waals surface area contributed by atoms with Crippen molar-refractivity contribution in [2.24, 2.45) is 0 Å². The predicted octanol–water partition coefficient (Wildman–Crippen LogP) is 4.96. The van der Waals surface area contributed by atoms with E-state index >= 15 is 0 Å². The molecule has 1 aromatic heterocycles. The number of hydrogen-bond donors (Lipinski definition) is 0. The van der Waals surface area contributed by atoms with Crippen LogP contribution in [0.4, 0.5) is 0 Å². The van der Waals surface area contributed by atoms with Crippen molar-refractivity contribution in [1.82, 2.24) is 14.5 Å². The Hall–Kier alpha value is -2.33. The van der Waals surface area contributed by atoms with Crippen LogP contribution in [0.5, 0.6) is 5.75 Å². The van der Waals surface area contributed by atoms with Gasteiger partial charge in [0.25, 0.3) is 0 Å². The van der Waals surface area contributed by atoms with Crippen LogP contribution in [0.15, 0.2) is 42.5 Å². The second-order valence-corrected chi connectivity index (χ2v) is 7.04. The first-order valence-electron chi connectivity index (χ1n) is 9.99. The van der Waals surface area contributed by atoms with Crippen molar-refractivity contribution >= 4 is 11.0 Å². The van der Waals surface area contributed by atoms with Gasteiger partial charge in [-0.2, -0.15) is 0 Å². The van der Waals surface area contributed by atoms with Crippen molar-refractivity contribution in [3.05, 3.63) is 59.4 Å². The van der Waals surface area contributed by atoms with Gasteiger partial charge < -0.3 is 14.2 Å². The highest BCUT2D eigenvalue weighted by Gasteiger charge is 2.12. The van der Waals surface area contributed by atoms with Crippen molar-refractivity contribution in [3.8, 4) is 5.75 Å². The highest BCUT2D eigenvalue weighted by Crippen LogP contribution is 2.23. The number of ether oxygens (including phenoxy) is 1. The maximum absolute atomic E-state index is 6.15. The zero-order valence-electron chi connectivity index (χ0n) is 17.0. The zero-order valence-corrected chi connectivity index (χ0v) is 17.0. The summed E-state index contributed by atoms with van der Waals surface area (Å²) in [7, 11) is 0. The van der Waals surface area contributed by atoms with E-state index in [2.05, 4.69) is 61.4 Å². The highest BCUT2D eigenvalue weighted by molar-refractivity contribution is 5.75. The molecule has 0 N–H and O–H groups in total. The van der Waals surface area contributed by atoms with Crippen LogP contribution in [0.2, 0.25) is 0 Å². The average Bonchev–Trinajstić information content (AvgIpc) is 3.04. The molecule has 1 heterocycles. The Labute approximate surface area is 162 Å². The minimum absolute atomic E-state index is 0.490. The third-order valence-corrected chi connectivity index (χ3v) is 5.40. The Morgan fingerprint density at radius 1 is 1.00 bits per heavy atom. The number of para-hydroxylation sites is 2. The summed E-state index contributed by atoms with van der Waals surface area (Å²) in [6, 6.07) is 14.6. The lowest BCUT2D eigenvalue weighted by atomic mass is 10.1. The number of fused-ring (bicyclic) bond motifs is 1. The Balaban J connectivity index is 1.78. The van der Waals surface area contributed by atoms with E-state index in [0.29, 0.717) is 6.61 Å². The molecule has 0 aliphatic rings. The molecule has 3 rings (SSSR count). The van der Waals surface area contributed by atoms with Crippen LogP contribution in [-0.2, 0) is 13.2 Å². The second kappa shape index (κ2) is 9.05. The number of aromatic nitrogens is 2. The molecular weight excluding hydrogens is 334 g/mol. The molecule has 0 unspecified atom stereocenters. The molecule has 4 heteroatoms. The first-order valence-corrected chi connectivity index (χ1v) is 9.99. The summed E-state index contributed by atoms with van der Waals surface area (Å²) in [5.74, 6) is 1.94. The van der Waals surface area contributed by atoms with Crippen molar-refractivity contribution in [2.75, 3.05) is 19.6 Å². The van der Waals surface area contributed by atoms with Crippen LogP contribution >= 0.6 is 0 Å². The van der Waals surface area contributed by atoms with E-state index in [1.165, 1.54) is 16.6 Å². The van der Waals surface area contributed by atoms with Gasteiger partial charge in [-0.1, -0.05) is 38.1 Å². The number of nitrogens with zero attached hydrogens (tertiary/aromatic N) is 3. The molecule has 0 fully saturated rings. The fourth-order valence-electron chi connectivity index (χ4n) is 3.50. The molecule has 0 saturated carbocycles. The number of aryl methyl sites for hydroxylation is 2. The summed E-state index contributed by atoms with van der Waals surface area (Å²) in [5.41, 5.74) is 4.68. The normalized spacial score (nSPS) is 11.4. The van der Waals surface area contributed by atoms with Gasteiger partial charge in [0.1, 0.15) is 18.2 Å². The summed E-state index contributed by atoms with van der Waals surface area (Å²) in [4.78, 5) is 7.31. The molecule has 0 aliphatic heterocycles. The molecule has 0 radical (unpaired) electrons. The fourth-order valence-corrected chi connectivity index (χ4v) is 3.50. The van der Waals surface area contributed by atoms with Gasteiger partial charge >= 0.3 is 0 Å². The van der Waals surface area contributed by atoms with Crippen molar-refractivity contribution in [1.29, 1.82) is 0 Å².